The van der Waals surface area contributed by atoms with Gasteiger partial charge in [0.15, 0.2) is 0 Å². The Morgan fingerprint density at radius 1 is 1.27 bits per heavy atom. The smallest absolute Gasteiger partial charge is 0.0309 e. The normalized spacial score (nSPS) is 27.4. The molecule has 0 aromatic rings. The van der Waals surface area contributed by atoms with Gasteiger partial charge in [0.25, 0.3) is 0 Å². The Kier molecular flexibility index (Phi) is 3.09. The Labute approximate surface area is 94.4 Å². The molecule has 2 fully saturated rings. The Hall–Kier alpha value is -0.0800. The SMILES string of the molecule is CCC(C)(C)N1CCNC2(CCCC2)C1. The highest BCUT2D eigenvalue weighted by Gasteiger charge is 2.40. The largest absolute Gasteiger partial charge is 0.309 e. The Morgan fingerprint density at radius 2 is 1.93 bits per heavy atom. The van der Waals surface area contributed by atoms with Crippen molar-refractivity contribution in [2.24, 2.45) is 0 Å². The van der Waals surface area contributed by atoms with Gasteiger partial charge in [-0.15, -0.1) is 0 Å². The maximum absolute atomic E-state index is 3.78. The zero-order valence-electron chi connectivity index (χ0n) is 10.6. The van der Waals surface area contributed by atoms with Crippen molar-refractivity contribution < 1.29 is 0 Å². The second kappa shape index (κ2) is 4.06. The quantitative estimate of drug-likeness (QED) is 0.753. The first kappa shape index (κ1) is 11.4. The van der Waals surface area contributed by atoms with Crippen LogP contribution in [-0.2, 0) is 0 Å². The summed E-state index contributed by atoms with van der Waals surface area (Å²) in [6.07, 6.45) is 6.89. The van der Waals surface area contributed by atoms with Crippen molar-refractivity contribution in [3.05, 3.63) is 0 Å². The third kappa shape index (κ3) is 2.21. The Morgan fingerprint density at radius 3 is 2.53 bits per heavy atom. The van der Waals surface area contributed by atoms with Gasteiger partial charge in [-0.3, -0.25) is 4.90 Å². The lowest BCUT2D eigenvalue weighted by atomic mass is 9.89. The second-order valence-corrected chi connectivity index (χ2v) is 6.00. The summed E-state index contributed by atoms with van der Waals surface area (Å²) in [5, 5.41) is 3.78. The first-order valence-corrected chi connectivity index (χ1v) is 6.58. The van der Waals surface area contributed by atoms with Gasteiger partial charge < -0.3 is 5.32 Å². The molecule has 0 amide bonds. The fourth-order valence-corrected chi connectivity index (χ4v) is 3.08. The van der Waals surface area contributed by atoms with Gasteiger partial charge in [0, 0.05) is 30.7 Å². The fraction of sp³-hybridized carbons (Fsp3) is 1.00. The maximum atomic E-state index is 3.78. The van der Waals surface area contributed by atoms with E-state index in [1.807, 2.05) is 0 Å². The van der Waals surface area contributed by atoms with Crippen LogP contribution in [0.15, 0.2) is 0 Å². The number of piperazine rings is 1. The van der Waals surface area contributed by atoms with Gasteiger partial charge in [-0.25, -0.2) is 0 Å². The average molecular weight is 210 g/mol. The highest BCUT2D eigenvalue weighted by molar-refractivity contribution is 5.00. The van der Waals surface area contributed by atoms with Gasteiger partial charge >= 0.3 is 0 Å². The molecule has 0 aromatic heterocycles. The third-order valence-electron chi connectivity index (χ3n) is 4.66. The molecule has 2 aliphatic rings. The van der Waals surface area contributed by atoms with E-state index in [2.05, 4.69) is 31.0 Å². The molecule has 1 aliphatic heterocycles. The summed E-state index contributed by atoms with van der Waals surface area (Å²) < 4.78 is 0. The van der Waals surface area contributed by atoms with E-state index in [1.54, 1.807) is 0 Å². The van der Waals surface area contributed by atoms with Gasteiger partial charge in [0.05, 0.1) is 0 Å². The van der Waals surface area contributed by atoms with Crippen molar-refractivity contribution in [2.45, 2.75) is 64.0 Å². The summed E-state index contributed by atoms with van der Waals surface area (Å²) in [7, 11) is 0. The van der Waals surface area contributed by atoms with Crippen LogP contribution in [0.3, 0.4) is 0 Å². The van der Waals surface area contributed by atoms with Gasteiger partial charge in [-0.05, 0) is 33.1 Å². The molecule has 1 saturated heterocycles. The van der Waals surface area contributed by atoms with E-state index in [4.69, 9.17) is 0 Å². The lowest BCUT2D eigenvalue weighted by Gasteiger charge is -2.48. The Balaban J connectivity index is 2.03. The number of hydrogen-bond donors (Lipinski definition) is 1. The van der Waals surface area contributed by atoms with Crippen molar-refractivity contribution in [2.75, 3.05) is 19.6 Å². The molecular formula is C13H26N2. The minimum Gasteiger partial charge on any atom is -0.309 e. The standard InChI is InChI=1S/C13H26N2/c1-4-12(2,3)15-10-9-14-13(11-15)7-5-6-8-13/h14H,4-11H2,1-3H3. The highest BCUT2D eigenvalue weighted by atomic mass is 15.3. The number of nitrogens with one attached hydrogen (secondary N) is 1. The monoisotopic (exact) mass is 210 g/mol. The van der Waals surface area contributed by atoms with E-state index in [0.29, 0.717) is 11.1 Å². The van der Waals surface area contributed by atoms with Crippen LogP contribution in [0.25, 0.3) is 0 Å². The molecule has 1 saturated carbocycles. The predicted molar refractivity (Wildman–Crippen MR) is 65.1 cm³/mol. The molecule has 2 rings (SSSR count). The molecule has 1 heterocycles. The molecule has 2 nitrogen and oxygen atoms in total. The summed E-state index contributed by atoms with van der Waals surface area (Å²) in [6.45, 7) is 10.8. The van der Waals surface area contributed by atoms with Crippen molar-refractivity contribution in [1.82, 2.24) is 10.2 Å². The average Bonchev–Trinajstić information content (AvgIpc) is 2.66. The number of rotatable bonds is 2. The minimum absolute atomic E-state index is 0.387. The first-order chi connectivity index (χ1) is 7.08. The van der Waals surface area contributed by atoms with Gasteiger partial charge in [0.1, 0.15) is 0 Å². The predicted octanol–water partition coefficient (Wildman–Crippen LogP) is 2.39. The summed E-state index contributed by atoms with van der Waals surface area (Å²) in [6, 6.07) is 0. The molecule has 1 spiro atoms. The topological polar surface area (TPSA) is 15.3 Å². The van der Waals surface area contributed by atoms with Crippen LogP contribution in [0.5, 0.6) is 0 Å². The number of hydrogen-bond acceptors (Lipinski definition) is 2. The molecule has 0 radical (unpaired) electrons. The van der Waals surface area contributed by atoms with Gasteiger partial charge in [0.2, 0.25) is 0 Å². The molecule has 88 valence electrons. The number of nitrogens with zero attached hydrogens (tertiary/aromatic N) is 1. The molecule has 15 heavy (non-hydrogen) atoms. The van der Waals surface area contributed by atoms with Gasteiger partial charge in [-0.2, -0.15) is 0 Å². The lowest BCUT2D eigenvalue weighted by Crippen LogP contribution is -2.63. The molecule has 0 aromatic carbocycles. The van der Waals surface area contributed by atoms with Crippen molar-refractivity contribution >= 4 is 0 Å². The summed E-state index contributed by atoms with van der Waals surface area (Å²) in [5.41, 5.74) is 0.863. The molecule has 0 unspecified atom stereocenters. The van der Waals surface area contributed by atoms with Crippen LogP contribution in [0.2, 0.25) is 0 Å². The minimum atomic E-state index is 0.387. The molecule has 2 heteroatoms. The van der Waals surface area contributed by atoms with Crippen molar-refractivity contribution in [1.29, 1.82) is 0 Å². The fourth-order valence-electron chi connectivity index (χ4n) is 3.08. The van der Waals surface area contributed by atoms with E-state index in [-0.39, 0.29) is 0 Å². The molecular weight excluding hydrogens is 184 g/mol. The summed E-state index contributed by atoms with van der Waals surface area (Å²) in [4.78, 5) is 2.70. The van der Waals surface area contributed by atoms with E-state index >= 15 is 0 Å². The molecule has 1 N–H and O–H groups in total. The lowest BCUT2D eigenvalue weighted by molar-refractivity contribution is 0.0450. The van der Waals surface area contributed by atoms with E-state index in [0.717, 1.165) is 0 Å². The molecule has 0 bridgehead atoms. The van der Waals surface area contributed by atoms with Crippen LogP contribution in [-0.4, -0.2) is 35.6 Å². The van der Waals surface area contributed by atoms with Crippen LogP contribution >= 0.6 is 0 Å². The van der Waals surface area contributed by atoms with Crippen LogP contribution in [0, 0.1) is 0 Å². The van der Waals surface area contributed by atoms with Crippen LogP contribution in [0.4, 0.5) is 0 Å². The van der Waals surface area contributed by atoms with Crippen molar-refractivity contribution in [3.63, 3.8) is 0 Å². The molecule has 0 atom stereocenters. The van der Waals surface area contributed by atoms with E-state index < -0.39 is 0 Å². The zero-order valence-corrected chi connectivity index (χ0v) is 10.6. The third-order valence-corrected chi connectivity index (χ3v) is 4.66. The van der Waals surface area contributed by atoms with E-state index in [9.17, 15) is 0 Å². The first-order valence-electron chi connectivity index (χ1n) is 6.58. The second-order valence-electron chi connectivity index (χ2n) is 6.00. The maximum Gasteiger partial charge on any atom is 0.0309 e. The Bertz CT molecular complexity index is 217. The van der Waals surface area contributed by atoms with Crippen LogP contribution < -0.4 is 5.32 Å². The summed E-state index contributed by atoms with van der Waals surface area (Å²) >= 11 is 0. The summed E-state index contributed by atoms with van der Waals surface area (Å²) in [5.74, 6) is 0. The van der Waals surface area contributed by atoms with Crippen molar-refractivity contribution in [3.8, 4) is 0 Å². The van der Waals surface area contributed by atoms with Gasteiger partial charge in [-0.1, -0.05) is 19.8 Å². The van der Waals surface area contributed by atoms with E-state index in [1.165, 1.54) is 51.7 Å². The van der Waals surface area contributed by atoms with Crippen LogP contribution in [0.1, 0.15) is 52.9 Å². The molecule has 1 aliphatic carbocycles. The zero-order chi connectivity index (χ0) is 10.9. The highest BCUT2D eigenvalue weighted by Crippen LogP contribution is 2.34.